The Morgan fingerprint density at radius 1 is 1.21 bits per heavy atom. The van der Waals surface area contributed by atoms with Crippen LogP contribution in [0, 0.1) is 12.8 Å². The minimum absolute atomic E-state index is 0.0987. The number of hydrogen-bond acceptors (Lipinski definition) is 7. The lowest BCUT2D eigenvalue weighted by Crippen LogP contribution is -2.27. The highest BCUT2D eigenvalue weighted by molar-refractivity contribution is 7.17. The van der Waals surface area contributed by atoms with Gasteiger partial charge in [-0.2, -0.15) is 5.10 Å². The molecule has 0 N–H and O–H groups in total. The SMILES string of the molecule is CCOC(=O)c1sc(N2N=C3CCCC[C@@H]3[C@H]2c2ccc(OCC)cc2)nc1C. The first-order valence-corrected chi connectivity index (χ1v) is 11.2. The molecule has 0 unspecified atom stereocenters. The van der Waals surface area contributed by atoms with Crippen LogP contribution in [0.2, 0.25) is 0 Å². The van der Waals surface area contributed by atoms with Crippen molar-refractivity contribution < 1.29 is 14.3 Å². The fourth-order valence-corrected chi connectivity index (χ4v) is 5.14. The zero-order valence-corrected chi connectivity index (χ0v) is 18.0. The van der Waals surface area contributed by atoms with Crippen molar-refractivity contribution in [1.82, 2.24) is 4.98 Å². The van der Waals surface area contributed by atoms with Crippen LogP contribution in [0.25, 0.3) is 0 Å². The van der Waals surface area contributed by atoms with Crippen LogP contribution >= 0.6 is 11.3 Å². The smallest absolute Gasteiger partial charge is 0.350 e. The van der Waals surface area contributed by atoms with Gasteiger partial charge in [0.2, 0.25) is 5.13 Å². The topological polar surface area (TPSA) is 64.0 Å². The maximum atomic E-state index is 12.3. The molecule has 0 saturated heterocycles. The molecule has 0 bridgehead atoms. The summed E-state index contributed by atoms with van der Waals surface area (Å²) in [6, 6.07) is 8.40. The van der Waals surface area contributed by atoms with Crippen LogP contribution < -0.4 is 9.75 Å². The summed E-state index contributed by atoms with van der Waals surface area (Å²) < 4.78 is 10.8. The van der Waals surface area contributed by atoms with Crippen molar-refractivity contribution in [1.29, 1.82) is 0 Å². The number of hydrogen-bond donors (Lipinski definition) is 0. The van der Waals surface area contributed by atoms with E-state index < -0.39 is 0 Å². The van der Waals surface area contributed by atoms with Crippen molar-refractivity contribution in [2.24, 2.45) is 11.0 Å². The summed E-state index contributed by atoms with van der Waals surface area (Å²) in [7, 11) is 0. The molecule has 0 spiro atoms. The van der Waals surface area contributed by atoms with Gasteiger partial charge in [0.15, 0.2) is 0 Å². The van der Waals surface area contributed by atoms with E-state index in [-0.39, 0.29) is 12.0 Å². The van der Waals surface area contributed by atoms with Crippen LogP contribution in [0.1, 0.15) is 66.5 Å². The lowest BCUT2D eigenvalue weighted by atomic mass is 9.80. The van der Waals surface area contributed by atoms with Crippen LogP contribution in [-0.2, 0) is 4.74 Å². The van der Waals surface area contributed by atoms with Gasteiger partial charge in [-0.3, -0.25) is 0 Å². The van der Waals surface area contributed by atoms with Crippen molar-refractivity contribution in [3.8, 4) is 5.75 Å². The number of rotatable bonds is 6. The zero-order chi connectivity index (χ0) is 20.4. The highest BCUT2D eigenvalue weighted by Gasteiger charge is 2.41. The minimum atomic E-state index is -0.310. The molecule has 1 aliphatic carbocycles. The molecular formula is C22H27N3O3S. The monoisotopic (exact) mass is 413 g/mol. The third kappa shape index (κ3) is 3.88. The number of carbonyl (C=O) groups excluding carboxylic acids is 1. The van der Waals surface area contributed by atoms with Gasteiger partial charge in [0.1, 0.15) is 10.6 Å². The third-order valence-corrected chi connectivity index (χ3v) is 6.61. The van der Waals surface area contributed by atoms with Crippen LogP contribution in [0.4, 0.5) is 5.13 Å². The van der Waals surface area contributed by atoms with Gasteiger partial charge in [-0.1, -0.05) is 29.9 Å². The first kappa shape index (κ1) is 19.9. The number of esters is 1. The van der Waals surface area contributed by atoms with E-state index in [0.29, 0.717) is 29.7 Å². The molecule has 0 radical (unpaired) electrons. The summed E-state index contributed by atoms with van der Waals surface area (Å²) in [6.45, 7) is 6.66. The molecule has 1 aromatic heterocycles. The molecule has 2 aromatic rings. The Labute approximate surface area is 175 Å². The van der Waals surface area contributed by atoms with Crippen LogP contribution in [0.3, 0.4) is 0 Å². The molecule has 4 rings (SSSR count). The van der Waals surface area contributed by atoms with Gasteiger partial charge < -0.3 is 9.47 Å². The van der Waals surface area contributed by atoms with Crippen molar-refractivity contribution in [2.45, 2.75) is 52.5 Å². The molecule has 154 valence electrons. The Kier molecular flexibility index (Phi) is 5.85. The fraction of sp³-hybridized carbons (Fsp3) is 0.500. The number of benzene rings is 1. The number of ether oxygens (including phenoxy) is 2. The van der Waals surface area contributed by atoms with E-state index in [2.05, 4.69) is 17.1 Å². The highest BCUT2D eigenvalue weighted by Crippen LogP contribution is 2.46. The number of nitrogens with zero attached hydrogens (tertiary/aromatic N) is 3. The number of aromatic nitrogens is 1. The number of carbonyl (C=O) groups is 1. The van der Waals surface area contributed by atoms with Crippen molar-refractivity contribution in [3.63, 3.8) is 0 Å². The van der Waals surface area contributed by atoms with Gasteiger partial charge in [-0.25, -0.2) is 14.8 Å². The summed E-state index contributed by atoms with van der Waals surface area (Å²) in [6.07, 6.45) is 4.56. The second-order valence-electron chi connectivity index (χ2n) is 7.37. The van der Waals surface area contributed by atoms with E-state index in [1.54, 1.807) is 0 Å². The second kappa shape index (κ2) is 8.53. The Balaban J connectivity index is 1.69. The van der Waals surface area contributed by atoms with E-state index in [9.17, 15) is 4.79 Å². The van der Waals surface area contributed by atoms with Gasteiger partial charge in [-0.15, -0.1) is 0 Å². The van der Waals surface area contributed by atoms with Gasteiger partial charge in [0, 0.05) is 11.6 Å². The Hall–Kier alpha value is -2.41. The molecule has 6 nitrogen and oxygen atoms in total. The van der Waals surface area contributed by atoms with Gasteiger partial charge in [-0.05, 0) is 57.7 Å². The van der Waals surface area contributed by atoms with E-state index >= 15 is 0 Å². The largest absolute Gasteiger partial charge is 0.494 e. The quantitative estimate of drug-likeness (QED) is 0.614. The average molecular weight is 414 g/mol. The maximum Gasteiger partial charge on any atom is 0.350 e. The molecule has 1 aromatic carbocycles. The highest BCUT2D eigenvalue weighted by atomic mass is 32.1. The molecular weight excluding hydrogens is 386 g/mol. The fourth-order valence-electron chi connectivity index (χ4n) is 4.19. The molecule has 1 fully saturated rings. The minimum Gasteiger partial charge on any atom is -0.494 e. The van der Waals surface area contributed by atoms with Gasteiger partial charge in [0.05, 0.1) is 24.9 Å². The number of anilines is 1. The molecule has 2 aliphatic rings. The number of thiazole rings is 1. The Bertz CT molecular complexity index is 907. The number of aryl methyl sites for hydroxylation is 1. The summed E-state index contributed by atoms with van der Waals surface area (Å²) in [5, 5.41) is 7.76. The summed E-state index contributed by atoms with van der Waals surface area (Å²) in [5.74, 6) is 0.952. The number of hydrazone groups is 1. The van der Waals surface area contributed by atoms with E-state index in [4.69, 9.17) is 14.6 Å². The molecule has 2 atom stereocenters. The molecule has 2 heterocycles. The summed E-state index contributed by atoms with van der Waals surface area (Å²) >= 11 is 1.37. The Morgan fingerprint density at radius 2 is 2.00 bits per heavy atom. The zero-order valence-electron chi connectivity index (χ0n) is 17.2. The normalized spacial score (nSPS) is 20.9. The molecule has 29 heavy (non-hydrogen) atoms. The lowest BCUT2D eigenvalue weighted by Gasteiger charge is -2.28. The van der Waals surface area contributed by atoms with Crippen molar-refractivity contribution in [2.75, 3.05) is 18.2 Å². The van der Waals surface area contributed by atoms with E-state index in [1.165, 1.54) is 35.5 Å². The molecule has 7 heteroatoms. The lowest BCUT2D eigenvalue weighted by molar-refractivity contribution is 0.0531. The maximum absolute atomic E-state index is 12.3. The molecule has 0 amide bonds. The van der Waals surface area contributed by atoms with Crippen LogP contribution in [-0.4, -0.2) is 29.9 Å². The van der Waals surface area contributed by atoms with Gasteiger partial charge in [0.25, 0.3) is 0 Å². The number of fused-ring (bicyclic) bond motifs is 1. The first-order chi connectivity index (χ1) is 14.1. The standard InChI is InChI=1S/C22H27N3O3S/c1-4-27-16-12-10-15(11-13-16)19-17-8-6-7-9-18(17)24-25(19)22-23-14(3)20(29-22)21(26)28-5-2/h10-13,17,19H,4-9H2,1-3H3/t17-,19+/m0/s1. The first-order valence-electron chi connectivity index (χ1n) is 10.4. The average Bonchev–Trinajstić information content (AvgIpc) is 3.30. The third-order valence-electron chi connectivity index (χ3n) is 5.48. The van der Waals surface area contributed by atoms with Crippen molar-refractivity contribution in [3.05, 3.63) is 40.4 Å². The van der Waals surface area contributed by atoms with Crippen molar-refractivity contribution >= 4 is 28.1 Å². The second-order valence-corrected chi connectivity index (χ2v) is 8.34. The van der Waals surface area contributed by atoms with Gasteiger partial charge >= 0.3 is 5.97 Å². The molecule has 1 aliphatic heterocycles. The predicted octanol–water partition coefficient (Wildman–Crippen LogP) is 5.13. The predicted molar refractivity (Wildman–Crippen MR) is 115 cm³/mol. The molecule has 1 saturated carbocycles. The summed E-state index contributed by atoms with van der Waals surface area (Å²) in [4.78, 5) is 17.5. The van der Waals surface area contributed by atoms with E-state index in [1.807, 2.05) is 37.9 Å². The Morgan fingerprint density at radius 3 is 2.72 bits per heavy atom. The van der Waals surface area contributed by atoms with Crippen LogP contribution in [0.5, 0.6) is 5.75 Å². The van der Waals surface area contributed by atoms with Crippen LogP contribution in [0.15, 0.2) is 29.4 Å². The van der Waals surface area contributed by atoms with E-state index in [0.717, 1.165) is 23.7 Å². The summed E-state index contributed by atoms with van der Waals surface area (Å²) in [5.41, 5.74) is 3.15.